The number of fused-ring (bicyclic) bond motifs is 3. The van der Waals surface area contributed by atoms with Gasteiger partial charge in [0.2, 0.25) is 0 Å². The monoisotopic (exact) mass is 437 g/mol. The summed E-state index contributed by atoms with van der Waals surface area (Å²) < 4.78 is 37.7. The largest absolute Gasteiger partial charge is 0.448 e. The molecule has 1 aliphatic carbocycles. The van der Waals surface area contributed by atoms with Crippen LogP contribution in [0.2, 0.25) is 0 Å². The first-order valence-corrected chi connectivity index (χ1v) is 10.4. The lowest BCUT2D eigenvalue weighted by molar-refractivity contribution is -0.0671. The van der Waals surface area contributed by atoms with Crippen molar-refractivity contribution in [1.29, 1.82) is 0 Å². The summed E-state index contributed by atoms with van der Waals surface area (Å²) in [6.45, 7) is -0.0104. The third-order valence-electron chi connectivity index (χ3n) is 6.11. The van der Waals surface area contributed by atoms with Crippen LogP contribution in [0.5, 0.6) is 0 Å². The zero-order chi connectivity index (χ0) is 22.2. The van der Waals surface area contributed by atoms with Gasteiger partial charge in [0.25, 0.3) is 0 Å². The van der Waals surface area contributed by atoms with Crippen molar-refractivity contribution in [2.24, 2.45) is 0 Å². The van der Waals surface area contributed by atoms with Gasteiger partial charge in [0.05, 0.1) is 6.04 Å². The number of nitrogens with zero attached hydrogens (tertiary/aromatic N) is 1. The van der Waals surface area contributed by atoms with Gasteiger partial charge in [0.1, 0.15) is 13.3 Å². The predicted molar refractivity (Wildman–Crippen MR) is 113 cm³/mol. The molecule has 3 aromatic rings. The number of aliphatic hydroxyl groups excluding tert-OH is 1. The molecule has 2 aliphatic rings. The lowest BCUT2D eigenvalue weighted by Crippen LogP contribution is -2.41. The standard InChI is InChI=1S/C25H21F2NO4/c26-21-10-9-15(11-22(21)27)12-23-24(29)32-14-28(23)25(30)31-13-20-18-7-3-1-5-16(18)17-6-2-4-8-19(17)20/h1-11,20,23-24,29H,12-14H2/t23-,24?/m0/s1. The van der Waals surface area contributed by atoms with Crippen molar-refractivity contribution in [2.45, 2.75) is 24.7 Å². The average Bonchev–Trinajstić information content (AvgIpc) is 3.32. The Labute approximate surface area is 183 Å². The minimum atomic E-state index is -1.25. The van der Waals surface area contributed by atoms with E-state index in [1.165, 1.54) is 11.0 Å². The number of hydrogen-bond donors (Lipinski definition) is 1. The van der Waals surface area contributed by atoms with Gasteiger partial charge in [0.15, 0.2) is 17.9 Å². The molecule has 0 saturated carbocycles. The molecule has 164 valence electrons. The minimum absolute atomic E-state index is 0.0931. The number of benzene rings is 3. The van der Waals surface area contributed by atoms with E-state index in [4.69, 9.17) is 9.47 Å². The molecule has 1 saturated heterocycles. The van der Waals surface area contributed by atoms with Crippen LogP contribution >= 0.6 is 0 Å². The summed E-state index contributed by atoms with van der Waals surface area (Å²) in [5, 5.41) is 10.2. The molecule has 1 amide bonds. The van der Waals surface area contributed by atoms with E-state index < -0.39 is 30.1 Å². The van der Waals surface area contributed by atoms with Gasteiger partial charge in [-0.05, 0) is 46.4 Å². The first kappa shape index (κ1) is 20.6. The Morgan fingerprint density at radius 3 is 2.31 bits per heavy atom. The fraction of sp³-hybridized carbons (Fsp3) is 0.240. The number of carbonyl (C=O) groups is 1. The fourth-order valence-corrected chi connectivity index (χ4v) is 4.50. The summed E-state index contributed by atoms with van der Waals surface area (Å²) in [5.41, 5.74) is 4.88. The van der Waals surface area contributed by atoms with Crippen LogP contribution in [0.15, 0.2) is 66.7 Å². The van der Waals surface area contributed by atoms with Crippen LogP contribution in [0.1, 0.15) is 22.6 Å². The van der Waals surface area contributed by atoms with Gasteiger partial charge in [-0.2, -0.15) is 0 Å². The molecule has 1 fully saturated rings. The normalized spacial score (nSPS) is 19.7. The highest BCUT2D eigenvalue weighted by atomic mass is 19.2. The highest BCUT2D eigenvalue weighted by Crippen LogP contribution is 2.44. The SMILES string of the molecule is O=C(OCC1c2ccccc2-c2ccccc21)N1COC(O)[C@@H]1Cc1ccc(F)c(F)c1. The second-order valence-corrected chi connectivity index (χ2v) is 7.98. The smallest absolute Gasteiger partial charge is 0.412 e. The molecule has 1 unspecified atom stereocenters. The average molecular weight is 437 g/mol. The van der Waals surface area contributed by atoms with Gasteiger partial charge >= 0.3 is 6.09 Å². The molecule has 5 rings (SSSR count). The zero-order valence-corrected chi connectivity index (χ0v) is 17.1. The van der Waals surface area contributed by atoms with Crippen LogP contribution < -0.4 is 0 Å². The van der Waals surface area contributed by atoms with E-state index in [0.29, 0.717) is 5.56 Å². The van der Waals surface area contributed by atoms with Crippen LogP contribution in [-0.2, 0) is 15.9 Å². The number of carbonyl (C=O) groups excluding carboxylic acids is 1. The van der Waals surface area contributed by atoms with E-state index >= 15 is 0 Å². The molecule has 0 bridgehead atoms. The number of halogens is 2. The van der Waals surface area contributed by atoms with Crippen molar-refractivity contribution in [3.05, 3.63) is 95.1 Å². The number of aliphatic hydroxyl groups is 1. The number of rotatable bonds is 4. The highest BCUT2D eigenvalue weighted by Gasteiger charge is 2.39. The maximum atomic E-state index is 13.6. The van der Waals surface area contributed by atoms with E-state index in [2.05, 4.69) is 12.1 Å². The molecule has 1 aliphatic heterocycles. The number of ether oxygens (including phenoxy) is 2. The van der Waals surface area contributed by atoms with Crippen LogP contribution in [0.4, 0.5) is 13.6 Å². The van der Waals surface area contributed by atoms with E-state index in [1.807, 2.05) is 36.4 Å². The van der Waals surface area contributed by atoms with Crippen molar-refractivity contribution in [1.82, 2.24) is 4.90 Å². The highest BCUT2D eigenvalue weighted by molar-refractivity contribution is 5.79. The second kappa shape index (κ2) is 8.33. The van der Waals surface area contributed by atoms with E-state index in [-0.39, 0.29) is 25.7 Å². The number of hydrogen-bond acceptors (Lipinski definition) is 4. The first-order valence-electron chi connectivity index (χ1n) is 10.4. The second-order valence-electron chi connectivity index (χ2n) is 7.98. The quantitative estimate of drug-likeness (QED) is 0.656. The van der Waals surface area contributed by atoms with Crippen LogP contribution in [-0.4, -0.2) is 41.8 Å². The molecular weight excluding hydrogens is 416 g/mol. The third kappa shape index (κ3) is 3.63. The molecule has 0 radical (unpaired) electrons. The van der Waals surface area contributed by atoms with Crippen LogP contribution in [0, 0.1) is 11.6 Å². The molecule has 3 aromatic carbocycles. The third-order valence-corrected chi connectivity index (χ3v) is 6.11. The van der Waals surface area contributed by atoms with Gasteiger partial charge in [-0.1, -0.05) is 54.6 Å². The zero-order valence-electron chi connectivity index (χ0n) is 17.1. The van der Waals surface area contributed by atoms with Gasteiger partial charge in [-0.3, -0.25) is 4.90 Å². The van der Waals surface area contributed by atoms with Crippen LogP contribution in [0.25, 0.3) is 11.1 Å². The summed E-state index contributed by atoms with van der Waals surface area (Å²) in [7, 11) is 0. The van der Waals surface area contributed by atoms with Crippen molar-refractivity contribution in [2.75, 3.05) is 13.3 Å². The Bertz CT molecular complexity index is 1120. The Morgan fingerprint density at radius 2 is 1.66 bits per heavy atom. The minimum Gasteiger partial charge on any atom is -0.448 e. The molecule has 32 heavy (non-hydrogen) atoms. The van der Waals surface area contributed by atoms with E-state index in [0.717, 1.165) is 34.4 Å². The lowest BCUT2D eigenvalue weighted by Gasteiger charge is -2.24. The Kier molecular flexibility index (Phi) is 5.36. The van der Waals surface area contributed by atoms with Crippen molar-refractivity contribution >= 4 is 6.09 Å². The maximum Gasteiger partial charge on any atom is 0.412 e. The van der Waals surface area contributed by atoms with Gasteiger partial charge < -0.3 is 14.6 Å². The molecular formula is C25H21F2NO4. The lowest BCUT2D eigenvalue weighted by atomic mass is 9.98. The molecule has 5 nitrogen and oxygen atoms in total. The Hall–Kier alpha value is -3.29. The molecule has 0 aromatic heterocycles. The molecule has 1 N–H and O–H groups in total. The maximum absolute atomic E-state index is 13.6. The van der Waals surface area contributed by atoms with Crippen molar-refractivity contribution in [3.8, 4) is 11.1 Å². The molecule has 7 heteroatoms. The summed E-state index contributed by atoms with van der Waals surface area (Å²) in [6, 6.07) is 18.8. The Morgan fingerprint density at radius 1 is 1.00 bits per heavy atom. The van der Waals surface area contributed by atoms with Crippen molar-refractivity contribution < 1.29 is 28.2 Å². The first-order chi connectivity index (χ1) is 15.5. The van der Waals surface area contributed by atoms with Gasteiger partial charge in [-0.15, -0.1) is 0 Å². The molecule has 2 atom stereocenters. The van der Waals surface area contributed by atoms with Gasteiger partial charge in [-0.25, -0.2) is 13.6 Å². The fourth-order valence-electron chi connectivity index (χ4n) is 4.50. The van der Waals surface area contributed by atoms with E-state index in [9.17, 15) is 18.7 Å². The number of amides is 1. The topological polar surface area (TPSA) is 59.0 Å². The summed E-state index contributed by atoms with van der Waals surface area (Å²) in [5.74, 6) is -2.03. The molecule has 0 spiro atoms. The van der Waals surface area contributed by atoms with E-state index in [1.54, 1.807) is 0 Å². The van der Waals surface area contributed by atoms with Crippen LogP contribution in [0.3, 0.4) is 0 Å². The molecule has 1 heterocycles. The van der Waals surface area contributed by atoms with Gasteiger partial charge in [0, 0.05) is 5.92 Å². The summed E-state index contributed by atoms with van der Waals surface area (Å²) in [6.07, 6.45) is -1.78. The Balaban J connectivity index is 1.31. The predicted octanol–water partition coefficient (Wildman–Crippen LogP) is 4.43. The summed E-state index contributed by atoms with van der Waals surface area (Å²) >= 11 is 0. The van der Waals surface area contributed by atoms with Crippen molar-refractivity contribution in [3.63, 3.8) is 0 Å². The summed E-state index contributed by atoms with van der Waals surface area (Å²) in [4.78, 5) is 14.1.